The largest absolute Gasteiger partial charge is 0.489 e. The summed E-state index contributed by atoms with van der Waals surface area (Å²) in [4.78, 5) is 15.5. The molecule has 0 N–H and O–H groups in total. The number of methoxy groups -OCH3 is 1. The minimum atomic E-state index is -4.43. The van der Waals surface area contributed by atoms with Crippen molar-refractivity contribution in [2.45, 2.75) is 13.1 Å². The SMILES string of the molecule is COC(=O)COc1ccc(OC/C=C(\c2ccc(C#Cc3ccccn3)cc2)c2ccc(C(F)(F)F)cc2)cc1C. The summed E-state index contributed by atoms with van der Waals surface area (Å²) in [5.41, 5.74) is 3.57. The summed E-state index contributed by atoms with van der Waals surface area (Å²) >= 11 is 0. The van der Waals surface area contributed by atoms with E-state index in [0.29, 0.717) is 28.3 Å². The van der Waals surface area contributed by atoms with Gasteiger partial charge in [-0.2, -0.15) is 13.2 Å². The van der Waals surface area contributed by atoms with Gasteiger partial charge in [0.05, 0.1) is 12.7 Å². The molecular formula is C33H26F3NO4. The second kappa shape index (κ2) is 13.4. The summed E-state index contributed by atoms with van der Waals surface area (Å²) in [5.74, 6) is 6.67. The van der Waals surface area contributed by atoms with Crippen LogP contribution in [0.4, 0.5) is 13.2 Å². The van der Waals surface area contributed by atoms with Gasteiger partial charge in [0, 0.05) is 11.8 Å². The van der Waals surface area contributed by atoms with Crippen molar-refractivity contribution < 1.29 is 32.2 Å². The lowest BCUT2D eigenvalue weighted by Crippen LogP contribution is -2.13. The van der Waals surface area contributed by atoms with Crippen molar-refractivity contribution in [3.05, 3.63) is 131 Å². The molecular weight excluding hydrogens is 531 g/mol. The third-order valence-corrected chi connectivity index (χ3v) is 5.98. The van der Waals surface area contributed by atoms with Crippen molar-refractivity contribution in [3.8, 4) is 23.3 Å². The Labute approximate surface area is 236 Å². The molecule has 0 radical (unpaired) electrons. The highest BCUT2D eigenvalue weighted by Gasteiger charge is 2.30. The van der Waals surface area contributed by atoms with E-state index in [2.05, 4.69) is 21.6 Å². The van der Waals surface area contributed by atoms with Gasteiger partial charge in [0.25, 0.3) is 0 Å². The molecule has 1 heterocycles. The summed E-state index contributed by atoms with van der Waals surface area (Å²) in [6.45, 7) is 1.77. The van der Waals surface area contributed by atoms with Crippen molar-refractivity contribution in [2.75, 3.05) is 20.3 Å². The maximum atomic E-state index is 13.2. The maximum Gasteiger partial charge on any atom is 0.416 e. The molecule has 0 bridgehead atoms. The van der Waals surface area contributed by atoms with Crippen LogP contribution in [0.2, 0.25) is 0 Å². The molecule has 0 saturated heterocycles. The molecule has 1 aromatic heterocycles. The van der Waals surface area contributed by atoms with E-state index < -0.39 is 17.7 Å². The van der Waals surface area contributed by atoms with Crippen LogP contribution in [-0.2, 0) is 15.7 Å². The molecule has 3 aromatic carbocycles. The third kappa shape index (κ3) is 8.23. The van der Waals surface area contributed by atoms with Crippen molar-refractivity contribution in [1.82, 2.24) is 4.98 Å². The molecule has 0 atom stereocenters. The van der Waals surface area contributed by atoms with Crippen molar-refractivity contribution in [1.29, 1.82) is 0 Å². The van der Waals surface area contributed by atoms with Gasteiger partial charge in [0.1, 0.15) is 23.8 Å². The van der Waals surface area contributed by atoms with Crippen LogP contribution in [0.1, 0.15) is 33.5 Å². The van der Waals surface area contributed by atoms with Crippen molar-refractivity contribution >= 4 is 11.5 Å². The Morgan fingerprint density at radius 2 is 1.61 bits per heavy atom. The second-order valence-electron chi connectivity index (χ2n) is 8.84. The number of esters is 1. The Morgan fingerprint density at radius 3 is 2.22 bits per heavy atom. The normalized spacial score (nSPS) is 11.3. The van der Waals surface area contributed by atoms with E-state index >= 15 is 0 Å². The molecule has 0 spiro atoms. The number of hydrogen-bond acceptors (Lipinski definition) is 5. The number of aryl methyl sites for hydroxylation is 1. The van der Waals surface area contributed by atoms with Gasteiger partial charge in [0.15, 0.2) is 6.61 Å². The monoisotopic (exact) mass is 557 g/mol. The van der Waals surface area contributed by atoms with Crippen LogP contribution in [0.25, 0.3) is 5.57 Å². The minimum absolute atomic E-state index is 0.152. The number of carbonyl (C=O) groups excluding carboxylic acids is 1. The van der Waals surface area contributed by atoms with Gasteiger partial charge >= 0.3 is 12.1 Å². The average Bonchev–Trinajstić information content (AvgIpc) is 2.98. The van der Waals surface area contributed by atoms with Gasteiger partial charge in [-0.3, -0.25) is 0 Å². The van der Waals surface area contributed by atoms with E-state index in [1.807, 2.05) is 55.5 Å². The number of benzene rings is 3. The molecule has 0 aliphatic rings. The Morgan fingerprint density at radius 1 is 0.902 bits per heavy atom. The average molecular weight is 558 g/mol. The fourth-order valence-electron chi connectivity index (χ4n) is 3.84. The smallest absolute Gasteiger partial charge is 0.416 e. The Kier molecular flexibility index (Phi) is 9.43. The quantitative estimate of drug-likeness (QED) is 0.175. The molecule has 208 valence electrons. The highest BCUT2D eigenvalue weighted by atomic mass is 19.4. The topological polar surface area (TPSA) is 57.7 Å². The van der Waals surface area contributed by atoms with Crippen LogP contribution < -0.4 is 9.47 Å². The lowest BCUT2D eigenvalue weighted by molar-refractivity contribution is -0.143. The zero-order chi connectivity index (χ0) is 29.2. The number of alkyl halides is 3. The predicted molar refractivity (Wildman–Crippen MR) is 149 cm³/mol. The first-order valence-corrected chi connectivity index (χ1v) is 12.6. The van der Waals surface area contributed by atoms with Gasteiger partial charge in [-0.1, -0.05) is 36.3 Å². The number of aromatic nitrogens is 1. The third-order valence-electron chi connectivity index (χ3n) is 5.98. The lowest BCUT2D eigenvalue weighted by atomic mass is 9.96. The summed E-state index contributed by atoms with van der Waals surface area (Å²) in [5, 5.41) is 0. The minimum Gasteiger partial charge on any atom is -0.489 e. The van der Waals surface area contributed by atoms with Crippen LogP contribution in [0.3, 0.4) is 0 Å². The van der Waals surface area contributed by atoms with E-state index in [1.165, 1.54) is 19.2 Å². The molecule has 0 amide bonds. The summed E-state index contributed by atoms with van der Waals surface area (Å²) in [7, 11) is 1.29. The molecule has 4 rings (SSSR count). The number of ether oxygens (including phenoxy) is 3. The number of hydrogen-bond donors (Lipinski definition) is 0. The zero-order valence-corrected chi connectivity index (χ0v) is 22.4. The molecule has 0 unspecified atom stereocenters. The standard InChI is InChI=1S/C33H26F3NO4/c1-23-21-29(16-17-31(23)41-22-32(38)39-2)40-20-18-30(26-11-13-27(14-12-26)33(34,35)36)25-9-6-24(7-10-25)8-15-28-5-3-4-19-37-28/h3-7,9-14,16-19,21H,20,22H2,1-2H3/b30-18+. The highest BCUT2D eigenvalue weighted by molar-refractivity contribution is 5.80. The molecule has 5 nitrogen and oxygen atoms in total. The van der Waals surface area contributed by atoms with E-state index in [-0.39, 0.29) is 13.2 Å². The number of rotatable bonds is 8. The van der Waals surface area contributed by atoms with Gasteiger partial charge in [0.2, 0.25) is 0 Å². The second-order valence-corrected chi connectivity index (χ2v) is 8.84. The molecule has 0 fully saturated rings. The van der Waals surface area contributed by atoms with Gasteiger partial charge in [-0.25, -0.2) is 9.78 Å². The van der Waals surface area contributed by atoms with Crippen LogP contribution in [0.15, 0.2) is 97.2 Å². The van der Waals surface area contributed by atoms with E-state index in [0.717, 1.165) is 28.8 Å². The van der Waals surface area contributed by atoms with Crippen LogP contribution in [0, 0.1) is 18.8 Å². The fraction of sp³-hybridized carbons (Fsp3) is 0.152. The molecule has 8 heteroatoms. The number of carbonyl (C=O) groups is 1. The summed E-state index contributed by atoms with van der Waals surface area (Å²) < 4.78 is 55.4. The van der Waals surface area contributed by atoms with E-state index in [4.69, 9.17) is 9.47 Å². The van der Waals surface area contributed by atoms with E-state index in [1.54, 1.807) is 24.4 Å². The summed E-state index contributed by atoms with van der Waals surface area (Å²) in [6.07, 6.45) is -0.941. The molecule has 41 heavy (non-hydrogen) atoms. The Bertz CT molecular complexity index is 1570. The molecule has 0 saturated carbocycles. The molecule has 0 aliphatic heterocycles. The van der Waals surface area contributed by atoms with Gasteiger partial charge in [-0.05, 0) is 95.8 Å². The van der Waals surface area contributed by atoms with Crippen LogP contribution in [0.5, 0.6) is 11.5 Å². The number of nitrogens with zero attached hydrogens (tertiary/aromatic N) is 1. The van der Waals surface area contributed by atoms with Crippen molar-refractivity contribution in [2.24, 2.45) is 0 Å². The van der Waals surface area contributed by atoms with Crippen LogP contribution >= 0.6 is 0 Å². The summed E-state index contributed by atoms with van der Waals surface area (Å²) in [6, 6.07) is 23.1. The van der Waals surface area contributed by atoms with Gasteiger partial charge < -0.3 is 14.2 Å². The number of halogens is 3. The highest BCUT2D eigenvalue weighted by Crippen LogP contribution is 2.32. The maximum absolute atomic E-state index is 13.2. The Balaban J connectivity index is 1.55. The van der Waals surface area contributed by atoms with Gasteiger partial charge in [-0.15, -0.1) is 0 Å². The molecule has 0 aliphatic carbocycles. The Hall–Kier alpha value is -5.03. The van der Waals surface area contributed by atoms with Crippen molar-refractivity contribution in [3.63, 3.8) is 0 Å². The predicted octanol–water partition coefficient (Wildman–Crippen LogP) is 6.87. The lowest BCUT2D eigenvalue weighted by Gasteiger charge is -2.13. The van der Waals surface area contributed by atoms with E-state index in [9.17, 15) is 18.0 Å². The molecule has 4 aromatic rings. The first-order valence-electron chi connectivity index (χ1n) is 12.6. The first kappa shape index (κ1) is 29.0. The fourth-order valence-corrected chi connectivity index (χ4v) is 3.84. The van der Waals surface area contributed by atoms with Crippen LogP contribution in [-0.4, -0.2) is 31.3 Å². The zero-order valence-electron chi connectivity index (χ0n) is 22.4. The number of pyridine rings is 1. The first-order chi connectivity index (χ1) is 19.7.